The van der Waals surface area contributed by atoms with E-state index in [2.05, 4.69) is 22.9 Å². The van der Waals surface area contributed by atoms with Crippen molar-refractivity contribution in [3.63, 3.8) is 0 Å². The van der Waals surface area contributed by atoms with Crippen LogP contribution in [0.3, 0.4) is 0 Å². The van der Waals surface area contributed by atoms with Crippen LogP contribution in [0.15, 0.2) is 24.3 Å². The quantitative estimate of drug-likeness (QED) is 0.123. The molecule has 0 spiro atoms. The molecule has 1 atom stereocenters. The second-order valence-electron chi connectivity index (χ2n) is 8.23. The summed E-state index contributed by atoms with van der Waals surface area (Å²) >= 11 is 18.2. The zero-order chi connectivity index (χ0) is 23.8. The fourth-order valence-corrected chi connectivity index (χ4v) is 3.73. The molecule has 0 radical (unpaired) electrons. The summed E-state index contributed by atoms with van der Waals surface area (Å²) in [5, 5.41) is 8.49. The molecule has 182 valence electrons. The van der Waals surface area contributed by atoms with E-state index < -0.39 is 9.96 Å². The third-order valence-corrected chi connectivity index (χ3v) is 5.81. The largest absolute Gasteiger partial charge is 0.362 e. The van der Waals surface area contributed by atoms with Crippen molar-refractivity contribution in [2.24, 2.45) is 0 Å². The van der Waals surface area contributed by atoms with E-state index in [0.29, 0.717) is 17.8 Å². The molecule has 32 heavy (non-hydrogen) atoms. The number of nitrogens with one attached hydrogen (secondary N) is 3. The molecule has 1 unspecified atom stereocenters. The molecule has 5 nitrogen and oxygen atoms in total. The SMILES string of the molecule is CCCCCCCCCCCCCC(=O)NC(Nc1ccc(NC(C)=O)cc1)C(Cl)(Cl)Cl. The summed E-state index contributed by atoms with van der Waals surface area (Å²) in [5.74, 6) is -0.306. The number of carbonyl (C=O) groups is 2. The number of alkyl halides is 3. The highest BCUT2D eigenvalue weighted by molar-refractivity contribution is 6.68. The average molecular weight is 507 g/mol. The molecule has 0 aliphatic carbocycles. The van der Waals surface area contributed by atoms with Gasteiger partial charge in [-0.15, -0.1) is 0 Å². The van der Waals surface area contributed by atoms with Crippen LogP contribution in [0.1, 0.15) is 90.9 Å². The summed E-state index contributed by atoms with van der Waals surface area (Å²) in [7, 11) is 0. The fourth-order valence-electron chi connectivity index (χ4n) is 3.40. The molecule has 1 rings (SSSR count). The zero-order valence-corrected chi connectivity index (χ0v) is 21.6. The summed E-state index contributed by atoms with van der Waals surface area (Å²) < 4.78 is -1.72. The third kappa shape index (κ3) is 14.1. The smallest absolute Gasteiger partial charge is 0.228 e. The number of anilines is 2. The van der Waals surface area contributed by atoms with Crippen LogP contribution in [0.2, 0.25) is 0 Å². The number of unbranched alkanes of at least 4 members (excludes halogenated alkanes) is 10. The molecule has 0 bridgehead atoms. The molecule has 0 aromatic heterocycles. The topological polar surface area (TPSA) is 70.2 Å². The number of hydrogen-bond donors (Lipinski definition) is 3. The maximum absolute atomic E-state index is 12.4. The van der Waals surface area contributed by atoms with Crippen molar-refractivity contribution in [3.05, 3.63) is 24.3 Å². The van der Waals surface area contributed by atoms with E-state index in [4.69, 9.17) is 34.8 Å². The second-order valence-corrected chi connectivity index (χ2v) is 10.6. The van der Waals surface area contributed by atoms with Gasteiger partial charge in [-0.2, -0.15) is 0 Å². The van der Waals surface area contributed by atoms with Gasteiger partial charge < -0.3 is 16.0 Å². The van der Waals surface area contributed by atoms with Crippen LogP contribution in [0.5, 0.6) is 0 Å². The van der Waals surface area contributed by atoms with Gasteiger partial charge in [0.2, 0.25) is 15.6 Å². The number of rotatable bonds is 16. The van der Waals surface area contributed by atoms with E-state index in [0.717, 1.165) is 19.3 Å². The minimum Gasteiger partial charge on any atom is -0.362 e. The molecule has 3 N–H and O–H groups in total. The van der Waals surface area contributed by atoms with Gasteiger partial charge in [-0.1, -0.05) is 106 Å². The molecule has 0 fully saturated rings. The van der Waals surface area contributed by atoms with E-state index in [9.17, 15) is 9.59 Å². The van der Waals surface area contributed by atoms with Gasteiger partial charge >= 0.3 is 0 Å². The van der Waals surface area contributed by atoms with E-state index in [1.54, 1.807) is 24.3 Å². The summed E-state index contributed by atoms with van der Waals surface area (Å²) in [6.45, 7) is 3.68. The van der Waals surface area contributed by atoms with E-state index in [1.165, 1.54) is 58.3 Å². The lowest BCUT2D eigenvalue weighted by Gasteiger charge is -2.27. The Labute approximate surface area is 208 Å². The number of hydrogen-bond acceptors (Lipinski definition) is 3. The summed E-state index contributed by atoms with van der Waals surface area (Å²) in [4.78, 5) is 23.5. The molecule has 0 saturated heterocycles. The lowest BCUT2D eigenvalue weighted by Crippen LogP contribution is -2.49. The van der Waals surface area contributed by atoms with Crippen molar-refractivity contribution >= 4 is 58.0 Å². The Morgan fingerprint density at radius 2 is 1.28 bits per heavy atom. The zero-order valence-electron chi connectivity index (χ0n) is 19.3. The van der Waals surface area contributed by atoms with Gasteiger partial charge in [-0.25, -0.2) is 0 Å². The first kappa shape index (κ1) is 28.9. The minimum atomic E-state index is -1.72. The van der Waals surface area contributed by atoms with Crippen LogP contribution < -0.4 is 16.0 Å². The number of carbonyl (C=O) groups excluding carboxylic acids is 2. The number of amides is 2. The van der Waals surface area contributed by atoms with Crippen molar-refractivity contribution in [1.82, 2.24) is 5.32 Å². The predicted octanol–water partition coefficient (Wildman–Crippen LogP) is 7.57. The van der Waals surface area contributed by atoms with E-state index >= 15 is 0 Å². The maximum atomic E-state index is 12.4. The van der Waals surface area contributed by atoms with Gasteiger partial charge in [-0.3, -0.25) is 9.59 Å². The Balaban J connectivity index is 2.29. The second kappa shape index (κ2) is 16.4. The van der Waals surface area contributed by atoms with Gasteiger partial charge in [0.15, 0.2) is 0 Å². The number of benzene rings is 1. The highest BCUT2D eigenvalue weighted by Crippen LogP contribution is 2.31. The van der Waals surface area contributed by atoms with Gasteiger partial charge in [0, 0.05) is 24.7 Å². The molecule has 8 heteroatoms. The molecule has 0 aliphatic heterocycles. The first-order valence-electron chi connectivity index (χ1n) is 11.7. The first-order valence-corrected chi connectivity index (χ1v) is 12.9. The molecule has 0 saturated carbocycles. The van der Waals surface area contributed by atoms with Gasteiger partial charge in [0.25, 0.3) is 0 Å². The normalized spacial score (nSPS) is 12.3. The standard InChI is InChI=1S/C24H38Cl3N3O2/c1-3-4-5-6-7-8-9-10-11-12-13-14-22(32)30-23(24(25,26)27)29-21-17-15-20(16-18-21)28-19(2)31/h15-18,23,29H,3-14H2,1-2H3,(H,28,31)(H,30,32). The highest BCUT2D eigenvalue weighted by Gasteiger charge is 2.33. The van der Waals surface area contributed by atoms with Gasteiger partial charge in [-0.05, 0) is 30.7 Å². The molecule has 0 aliphatic rings. The van der Waals surface area contributed by atoms with Crippen LogP contribution in [0.4, 0.5) is 11.4 Å². The average Bonchev–Trinajstić information content (AvgIpc) is 2.72. The fraction of sp³-hybridized carbons (Fsp3) is 0.667. The minimum absolute atomic E-state index is 0.153. The summed E-state index contributed by atoms with van der Waals surface area (Å²) in [5.41, 5.74) is 1.32. The molecular weight excluding hydrogens is 469 g/mol. The highest BCUT2D eigenvalue weighted by atomic mass is 35.6. The Bertz CT molecular complexity index is 663. The third-order valence-electron chi connectivity index (χ3n) is 5.16. The van der Waals surface area contributed by atoms with Crippen molar-refractivity contribution in [3.8, 4) is 0 Å². The lowest BCUT2D eigenvalue weighted by atomic mass is 10.1. The summed E-state index contributed by atoms with van der Waals surface area (Å²) in [6.07, 6.45) is 13.0. The molecule has 2 amide bonds. The van der Waals surface area contributed by atoms with Crippen molar-refractivity contribution in [2.75, 3.05) is 10.6 Å². The Kier molecular flexibility index (Phi) is 14.8. The molecule has 0 heterocycles. The molecule has 1 aromatic carbocycles. The van der Waals surface area contributed by atoms with Crippen LogP contribution in [-0.2, 0) is 9.59 Å². The molecular formula is C24H38Cl3N3O2. The Morgan fingerprint density at radius 3 is 1.75 bits per heavy atom. The Hall–Kier alpha value is -1.17. The van der Waals surface area contributed by atoms with Crippen molar-refractivity contribution < 1.29 is 9.59 Å². The van der Waals surface area contributed by atoms with Crippen LogP contribution in [-0.4, -0.2) is 21.8 Å². The molecule has 1 aromatic rings. The van der Waals surface area contributed by atoms with Crippen LogP contribution in [0.25, 0.3) is 0 Å². The van der Waals surface area contributed by atoms with Crippen LogP contribution in [0, 0.1) is 0 Å². The van der Waals surface area contributed by atoms with Gasteiger partial charge in [0.05, 0.1) is 0 Å². The van der Waals surface area contributed by atoms with E-state index in [-0.39, 0.29) is 11.8 Å². The lowest BCUT2D eigenvalue weighted by molar-refractivity contribution is -0.121. The van der Waals surface area contributed by atoms with Gasteiger partial charge in [0.1, 0.15) is 6.17 Å². The first-order chi connectivity index (χ1) is 15.2. The predicted molar refractivity (Wildman–Crippen MR) is 138 cm³/mol. The van der Waals surface area contributed by atoms with Crippen molar-refractivity contribution in [2.45, 2.75) is 101 Å². The maximum Gasteiger partial charge on any atom is 0.228 e. The van der Waals surface area contributed by atoms with Crippen molar-refractivity contribution in [1.29, 1.82) is 0 Å². The Morgan fingerprint density at radius 1 is 0.812 bits per heavy atom. The summed E-state index contributed by atoms with van der Waals surface area (Å²) in [6, 6.07) is 6.94. The number of halogens is 3. The monoisotopic (exact) mass is 505 g/mol. The van der Waals surface area contributed by atoms with E-state index in [1.807, 2.05) is 0 Å². The van der Waals surface area contributed by atoms with Crippen LogP contribution >= 0.6 is 34.8 Å².